The molecule has 0 radical (unpaired) electrons. The minimum atomic E-state index is 0.0957. The normalized spacial score (nSPS) is 10.9. The second-order valence-electron chi connectivity index (χ2n) is 5.66. The number of benzene rings is 1. The molecule has 0 aliphatic carbocycles. The summed E-state index contributed by atoms with van der Waals surface area (Å²) in [5, 5.41) is 1.02. The number of aryl methyl sites for hydroxylation is 1. The van der Waals surface area contributed by atoms with Crippen molar-refractivity contribution < 1.29 is 4.79 Å². The van der Waals surface area contributed by atoms with E-state index in [1.807, 2.05) is 66.0 Å². The summed E-state index contributed by atoms with van der Waals surface area (Å²) in [5.74, 6) is 0.0957. The van der Waals surface area contributed by atoms with E-state index < -0.39 is 0 Å². The van der Waals surface area contributed by atoms with Crippen LogP contribution in [0.3, 0.4) is 0 Å². The highest BCUT2D eigenvalue weighted by atomic mass is 16.2. The molecule has 0 aliphatic heterocycles. The Bertz CT molecular complexity index is 808. The SMILES string of the molecule is CCN(CCc1ccncc1)C(=O)c1cn(C)c2ccccc12. The third-order valence-corrected chi connectivity index (χ3v) is 4.22. The molecule has 4 nitrogen and oxygen atoms in total. The van der Waals surface area contributed by atoms with Crippen LogP contribution in [0.1, 0.15) is 22.8 Å². The van der Waals surface area contributed by atoms with Crippen LogP contribution in [0.4, 0.5) is 0 Å². The molecule has 2 aromatic heterocycles. The van der Waals surface area contributed by atoms with Crippen molar-refractivity contribution in [2.24, 2.45) is 7.05 Å². The lowest BCUT2D eigenvalue weighted by Crippen LogP contribution is -2.32. The van der Waals surface area contributed by atoms with Crippen molar-refractivity contribution in [3.63, 3.8) is 0 Å². The fourth-order valence-electron chi connectivity index (χ4n) is 2.90. The maximum absolute atomic E-state index is 12.9. The van der Waals surface area contributed by atoms with Crippen molar-refractivity contribution in [2.45, 2.75) is 13.3 Å². The smallest absolute Gasteiger partial charge is 0.256 e. The van der Waals surface area contributed by atoms with Gasteiger partial charge in [-0.3, -0.25) is 9.78 Å². The molecule has 2 heterocycles. The van der Waals surface area contributed by atoms with E-state index >= 15 is 0 Å². The van der Waals surface area contributed by atoms with Crippen molar-refractivity contribution >= 4 is 16.8 Å². The van der Waals surface area contributed by atoms with Gasteiger partial charge in [-0.25, -0.2) is 0 Å². The van der Waals surface area contributed by atoms with Gasteiger partial charge in [-0.1, -0.05) is 18.2 Å². The van der Waals surface area contributed by atoms with Crippen molar-refractivity contribution in [2.75, 3.05) is 13.1 Å². The van der Waals surface area contributed by atoms with E-state index in [4.69, 9.17) is 0 Å². The molecule has 4 heteroatoms. The number of para-hydroxylation sites is 1. The van der Waals surface area contributed by atoms with Crippen LogP contribution in [-0.2, 0) is 13.5 Å². The van der Waals surface area contributed by atoms with Gasteiger partial charge in [0.25, 0.3) is 5.91 Å². The standard InChI is InChI=1S/C19H21N3O/c1-3-22(13-10-15-8-11-20-12-9-15)19(23)17-14-21(2)18-7-5-4-6-16(17)18/h4-9,11-12,14H,3,10,13H2,1-2H3. The first-order chi connectivity index (χ1) is 11.2. The summed E-state index contributed by atoms with van der Waals surface area (Å²) in [6.45, 7) is 3.44. The molecule has 23 heavy (non-hydrogen) atoms. The maximum Gasteiger partial charge on any atom is 0.256 e. The van der Waals surface area contributed by atoms with Crippen LogP contribution in [0.15, 0.2) is 55.0 Å². The average molecular weight is 307 g/mol. The monoisotopic (exact) mass is 307 g/mol. The lowest BCUT2D eigenvalue weighted by molar-refractivity contribution is 0.0768. The Morgan fingerprint density at radius 2 is 1.91 bits per heavy atom. The number of likely N-dealkylation sites (N-methyl/N-ethyl adjacent to an activating group) is 1. The molecule has 0 spiro atoms. The van der Waals surface area contributed by atoms with E-state index in [0.717, 1.165) is 22.9 Å². The van der Waals surface area contributed by atoms with E-state index in [2.05, 4.69) is 4.98 Å². The number of carbonyl (C=O) groups excluding carboxylic acids is 1. The van der Waals surface area contributed by atoms with Crippen molar-refractivity contribution in [1.82, 2.24) is 14.5 Å². The number of hydrogen-bond donors (Lipinski definition) is 0. The van der Waals surface area contributed by atoms with Gasteiger partial charge in [0.15, 0.2) is 0 Å². The summed E-state index contributed by atoms with van der Waals surface area (Å²) in [7, 11) is 1.98. The number of amides is 1. The van der Waals surface area contributed by atoms with Gasteiger partial charge in [0, 0.05) is 49.6 Å². The fourth-order valence-corrected chi connectivity index (χ4v) is 2.90. The fraction of sp³-hybridized carbons (Fsp3) is 0.263. The van der Waals surface area contributed by atoms with Gasteiger partial charge in [0.2, 0.25) is 0 Å². The molecular formula is C19H21N3O. The Morgan fingerprint density at radius 3 is 2.65 bits per heavy atom. The summed E-state index contributed by atoms with van der Waals surface area (Å²) in [4.78, 5) is 18.9. The van der Waals surface area contributed by atoms with Crippen LogP contribution < -0.4 is 0 Å². The van der Waals surface area contributed by atoms with Crippen LogP contribution in [0, 0.1) is 0 Å². The number of rotatable bonds is 5. The summed E-state index contributed by atoms with van der Waals surface area (Å²) in [5.41, 5.74) is 3.06. The zero-order chi connectivity index (χ0) is 16.2. The zero-order valence-electron chi connectivity index (χ0n) is 13.6. The van der Waals surface area contributed by atoms with Crippen LogP contribution in [-0.4, -0.2) is 33.4 Å². The van der Waals surface area contributed by atoms with Crippen molar-refractivity contribution in [3.05, 3.63) is 66.1 Å². The molecule has 0 fully saturated rings. The summed E-state index contributed by atoms with van der Waals surface area (Å²) in [6.07, 6.45) is 6.35. The van der Waals surface area contributed by atoms with Gasteiger partial charge >= 0.3 is 0 Å². The summed E-state index contributed by atoms with van der Waals surface area (Å²) < 4.78 is 2.01. The molecular weight excluding hydrogens is 286 g/mol. The Balaban J connectivity index is 1.81. The van der Waals surface area contributed by atoms with Crippen LogP contribution in [0.25, 0.3) is 10.9 Å². The van der Waals surface area contributed by atoms with Crippen molar-refractivity contribution in [1.29, 1.82) is 0 Å². The second kappa shape index (κ2) is 6.65. The molecule has 3 rings (SSSR count). The van der Waals surface area contributed by atoms with E-state index in [1.165, 1.54) is 5.56 Å². The maximum atomic E-state index is 12.9. The highest BCUT2D eigenvalue weighted by Crippen LogP contribution is 2.21. The van der Waals surface area contributed by atoms with Gasteiger partial charge in [-0.15, -0.1) is 0 Å². The van der Waals surface area contributed by atoms with Gasteiger partial charge in [-0.2, -0.15) is 0 Å². The van der Waals surface area contributed by atoms with Gasteiger partial charge in [0.05, 0.1) is 5.56 Å². The molecule has 0 saturated carbocycles. The molecule has 0 atom stereocenters. The first-order valence-corrected chi connectivity index (χ1v) is 7.93. The highest BCUT2D eigenvalue weighted by molar-refractivity contribution is 6.06. The second-order valence-corrected chi connectivity index (χ2v) is 5.66. The zero-order valence-corrected chi connectivity index (χ0v) is 13.6. The summed E-state index contributed by atoms with van der Waals surface area (Å²) >= 11 is 0. The van der Waals surface area contributed by atoms with Crippen LogP contribution in [0.2, 0.25) is 0 Å². The van der Waals surface area contributed by atoms with E-state index in [1.54, 1.807) is 12.4 Å². The van der Waals surface area contributed by atoms with E-state index in [-0.39, 0.29) is 5.91 Å². The highest BCUT2D eigenvalue weighted by Gasteiger charge is 2.18. The topological polar surface area (TPSA) is 38.1 Å². The van der Waals surface area contributed by atoms with Gasteiger partial charge in [0.1, 0.15) is 0 Å². The molecule has 118 valence electrons. The first-order valence-electron chi connectivity index (χ1n) is 7.93. The lowest BCUT2D eigenvalue weighted by Gasteiger charge is -2.20. The number of carbonyl (C=O) groups is 1. The quantitative estimate of drug-likeness (QED) is 0.725. The van der Waals surface area contributed by atoms with Crippen molar-refractivity contribution in [3.8, 4) is 0 Å². The largest absolute Gasteiger partial charge is 0.350 e. The Kier molecular flexibility index (Phi) is 4.42. The first kappa shape index (κ1) is 15.3. The van der Waals surface area contributed by atoms with Gasteiger partial charge in [-0.05, 0) is 37.1 Å². The minimum Gasteiger partial charge on any atom is -0.350 e. The van der Waals surface area contributed by atoms with Gasteiger partial charge < -0.3 is 9.47 Å². The average Bonchev–Trinajstić information content (AvgIpc) is 2.93. The molecule has 1 aromatic carbocycles. The lowest BCUT2D eigenvalue weighted by atomic mass is 10.1. The Hall–Kier alpha value is -2.62. The molecule has 0 unspecified atom stereocenters. The third-order valence-electron chi connectivity index (χ3n) is 4.22. The summed E-state index contributed by atoms with van der Waals surface area (Å²) in [6, 6.07) is 12.0. The number of fused-ring (bicyclic) bond motifs is 1. The molecule has 1 amide bonds. The van der Waals surface area contributed by atoms with E-state index in [9.17, 15) is 4.79 Å². The van der Waals surface area contributed by atoms with E-state index in [0.29, 0.717) is 13.1 Å². The predicted molar refractivity (Wildman–Crippen MR) is 92.4 cm³/mol. The number of aromatic nitrogens is 2. The number of pyridine rings is 1. The Labute approximate surface area is 136 Å². The molecule has 3 aromatic rings. The Morgan fingerprint density at radius 1 is 1.17 bits per heavy atom. The number of hydrogen-bond acceptors (Lipinski definition) is 2. The van der Waals surface area contributed by atoms with Crippen LogP contribution >= 0.6 is 0 Å². The molecule has 0 N–H and O–H groups in total. The molecule has 0 saturated heterocycles. The predicted octanol–water partition coefficient (Wildman–Crippen LogP) is 3.28. The molecule has 0 bridgehead atoms. The number of nitrogens with zero attached hydrogens (tertiary/aromatic N) is 3. The van der Waals surface area contributed by atoms with Crippen LogP contribution in [0.5, 0.6) is 0 Å². The minimum absolute atomic E-state index is 0.0957. The molecule has 0 aliphatic rings. The third kappa shape index (κ3) is 3.11.